The first-order valence-electron chi connectivity index (χ1n) is 4.92. The molecule has 0 radical (unpaired) electrons. The Hall–Kier alpha value is -1.32. The van der Waals surface area contributed by atoms with E-state index in [0.717, 1.165) is 12.8 Å². The van der Waals surface area contributed by atoms with E-state index in [1.165, 1.54) is 12.4 Å². The van der Waals surface area contributed by atoms with Crippen molar-refractivity contribution >= 4 is 5.82 Å². The molecule has 0 aliphatic heterocycles. The van der Waals surface area contributed by atoms with Crippen molar-refractivity contribution in [3.05, 3.63) is 22.7 Å². The van der Waals surface area contributed by atoms with Crippen LogP contribution in [0.15, 0.2) is 17.2 Å². The van der Waals surface area contributed by atoms with Gasteiger partial charge in [-0.15, -0.1) is 0 Å². The number of anilines is 1. The minimum absolute atomic E-state index is 0.0147. The molecule has 1 rings (SSSR count). The molecular weight excluding hydrogens is 178 g/mol. The van der Waals surface area contributed by atoms with Crippen molar-refractivity contribution in [2.75, 3.05) is 5.32 Å². The summed E-state index contributed by atoms with van der Waals surface area (Å²) in [5.74, 6) is 0.639. The van der Waals surface area contributed by atoms with E-state index in [9.17, 15) is 4.79 Å². The first-order valence-corrected chi connectivity index (χ1v) is 4.92. The van der Waals surface area contributed by atoms with Gasteiger partial charge in [0.05, 0.1) is 6.33 Å². The van der Waals surface area contributed by atoms with Gasteiger partial charge in [0.1, 0.15) is 5.82 Å². The van der Waals surface area contributed by atoms with E-state index in [1.807, 2.05) is 0 Å². The van der Waals surface area contributed by atoms with E-state index in [1.54, 1.807) is 0 Å². The van der Waals surface area contributed by atoms with Crippen molar-refractivity contribution in [2.45, 2.75) is 39.2 Å². The molecule has 0 saturated carbocycles. The number of nitrogens with one attached hydrogen (secondary N) is 2. The molecular formula is C10H17N3O. The van der Waals surface area contributed by atoms with Crippen LogP contribution in [-0.4, -0.2) is 15.5 Å². The molecule has 4 nitrogen and oxygen atoms in total. The summed E-state index contributed by atoms with van der Waals surface area (Å²) in [4.78, 5) is 17.6. The lowest BCUT2D eigenvalue weighted by molar-refractivity contribution is 0.476. The summed E-state index contributed by atoms with van der Waals surface area (Å²) in [6, 6.07) is 1.48. The standard InChI is InChI=1S/C10H17N3O/c1-4-10(3,5-2)13-8-6-9(14)12-7-11-8/h6-7H,4-5H2,1-3H3,(H2,11,12,13,14). The number of hydrogen-bond donors (Lipinski definition) is 2. The van der Waals surface area contributed by atoms with Crippen molar-refractivity contribution in [2.24, 2.45) is 0 Å². The summed E-state index contributed by atoms with van der Waals surface area (Å²) < 4.78 is 0. The van der Waals surface area contributed by atoms with Crippen LogP contribution in [0.2, 0.25) is 0 Å². The highest BCUT2D eigenvalue weighted by Gasteiger charge is 2.19. The summed E-state index contributed by atoms with van der Waals surface area (Å²) in [5.41, 5.74) is -0.113. The molecule has 1 heterocycles. The van der Waals surface area contributed by atoms with E-state index in [-0.39, 0.29) is 11.1 Å². The molecule has 1 aromatic heterocycles. The summed E-state index contributed by atoms with van der Waals surface area (Å²) in [5, 5.41) is 3.26. The minimum atomic E-state index is -0.128. The summed E-state index contributed by atoms with van der Waals surface area (Å²) in [6.45, 7) is 6.35. The Kier molecular flexibility index (Phi) is 3.28. The van der Waals surface area contributed by atoms with Crippen molar-refractivity contribution in [3.8, 4) is 0 Å². The molecule has 0 amide bonds. The predicted octanol–water partition coefficient (Wildman–Crippen LogP) is 1.76. The minimum Gasteiger partial charge on any atom is -0.365 e. The second-order valence-electron chi connectivity index (χ2n) is 3.69. The SMILES string of the molecule is CCC(C)(CC)Nc1cc(=O)[nH]cn1. The second-order valence-corrected chi connectivity index (χ2v) is 3.69. The molecule has 0 aliphatic carbocycles. The van der Waals surface area contributed by atoms with Crippen LogP contribution in [0, 0.1) is 0 Å². The van der Waals surface area contributed by atoms with Crippen molar-refractivity contribution in [3.63, 3.8) is 0 Å². The molecule has 78 valence electrons. The molecule has 0 aliphatic rings. The Morgan fingerprint density at radius 3 is 2.64 bits per heavy atom. The average molecular weight is 195 g/mol. The van der Waals surface area contributed by atoms with Crippen LogP contribution in [0.1, 0.15) is 33.6 Å². The largest absolute Gasteiger partial charge is 0.365 e. The maximum absolute atomic E-state index is 11.0. The van der Waals surface area contributed by atoms with E-state index in [2.05, 4.69) is 36.1 Å². The van der Waals surface area contributed by atoms with Crippen molar-refractivity contribution in [1.82, 2.24) is 9.97 Å². The van der Waals surface area contributed by atoms with Crippen LogP contribution >= 0.6 is 0 Å². The van der Waals surface area contributed by atoms with E-state index < -0.39 is 0 Å². The van der Waals surface area contributed by atoms with Gasteiger partial charge in [-0.25, -0.2) is 4.98 Å². The van der Waals surface area contributed by atoms with Gasteiger partial charge < -0.3 is 10.3 Å². The smallest absolute Gasteiger partial charge is 0.252 e. The molecule has 0 saturated heterocycles. The van der Waals surface area contributed by atoms with Gasteiger partial charge >= 0.3 is 0 Å². The highest BCUT2D eigenvalue weighted by molar-refractivity contribution is 5.35. The van der Waals surface area contributed by atoms with Crippen LogP contribution in [0.25, 0.3) is 0 Å². The van der Waals surface area contributed by atoms with Gasteiger partial charge in [-0.2, -0.15) is 0 Å². The number of aromatic nitrogens is 2. The number of aromatic amines is 1. The number of rotatable bonds is 4. The maximum Gasteiger partial charge on any atom is 0.252 e. The van der Waals surface area contributed by atoms with Gasteiger partial charge in [0.15, 0.2) is 0 Å². The first kappa shape index (κ1) is 10.8. The van der Waals surface area contributed by atoms with Crippen LogP contribution in [0.4, 0.5) is 5.82 Å². The third-order valence-corrected chi connectivity index (χ3v) is 2.67. The fourth-order valence-corrected chi connectivity index (χ4v) is 1.17. The zero-order valence-electron chi connectivity index (χ0n) is 8.92. The second kappa shape index (κ2) is 4.26. The van der Waals surface area contributed by atoms with Gasteiger partial charge in [0.25, 0.3) is 5.56 Å². The lowest BCUT2D eigenvalue weighted by atomic mass is 9.96. The van der Waals surface area contributed by atoms with Crippen LogP contribution < -0.4 is 10.9 Å². The molecule has 2 N–H and O–H groups in total. The third-order valence-electron chi connectivity index (χ3n) is 2.67. The maximum atomic E-state index is 11.0. The summed E-state index contributed by atoms with van der Waals surface area (Å²) in [7, 11) is 0. The Balaban J connectivity index is 2.82. The average Bonchev–Trinajstić information content (AvgIpc) is 2.18. The van der Waals surface area contributed by atoms with E-state index in [0.29, 0.717) is 5.82 Å². The predicted molar refractivity (Wildman–Crippen MR) is 57.5 cm³/mol. The zero-order valence-corrected chi connectivity index (χ0v) is 8.92. The normalized spacial score (nSPS) is 11.4. The molecule has 0 unspecified atom stereocenters. The van der Waals surface area contributed by atoms with Gasteiger partial charge in [0.2, 0.25) is 0 Å². The Morgan fingerprint density at radius 1 is 1.50 bits per heavy atom. The monoisotopic (exact) mass is 195 g/mol. The fourth-order valence-electron chi connectivity index (χ4n) is 1.17. The molecule has 0 bridgehead atoms. The topological polar surface area (TPSA) is 57.8 Å². The molecule has 0 atom stereocenters. The number of hydrogen-bond acceptors (Lipinski definition) is 3. The summed E-state index contributed by atoms with van der Waals surface area (Å²) >= 11 is 0. The Bertz CT molecular complexity index is 341. The highest BCUT2D eigenvalue weighted by Crippen LogP contribution is 2.18. The molecule has 4 heteroatoms. The Morgan fingerprint density at radius 2 is 2.14 bits per heavy atom. The van der Waals surface area contributed by atoms with Gasteiger partial charge in [-0.05, 0) is 19.8 Å². The number of H-pyrrole nitrogens is 1. The molecule has 1 aromatic rings. The molecule has 14 heavy (non-hydrogen) atoms. The first-order chi connectivity index (χ1) is 6.59. The molecule has 0 fully saturated rings. The van der Waals surface area contributed by atoms with Crippen molar-refractivity contribution < 1.29 is 0 Å². The molecule has 0 spiro atoms. The third kappa shape index (κ3) is 2.58. The van der Waals surface area contributed by atoms with Gasteiger partial charge in [-0.3, -0.25) is 4.79 Å². The molecule has 0 aromatic carbocycles. The highest BCUT2D eigenvalue weighted by atomic mass is 16.1. The summed E-state index contributed by atoms with van der Waals surface area (Å²) in [6.07, 6.45) is 3.41. The van der Waals surface area contributed by atoms with Gasteiger partial charge in [0, 0.05) is 11.6 Å². The lowest BCUT2D eigenvalue weighted by Crippen LogP contribution is -2.33. The van der Waals surface area contributed by atoms with Crippen LogP contribution in [-0.2, 0) is 0 Å². The van der Waals surface area contributed by atoms with Crippen LogP contribution in [0.3, 0.4) is 0 Å². The lowest BCUT2D eigenvalue weighted by Gasteiger charge is -2.28. The van der Waals surface area contributed by atoms with Gasteiger partial charge in [-0.1, -0.05) is 13.8 Å². The van der Waals surface area contributed by atoms with E-state index in [4.69, 9.17) is 0 Å². The quantitative estimate of drug-likeness (QED) is 0.769. The van der Waals surface area contributed by atoms with Crippen molar-refractivity contribution in [1.29, 1.82) is 0 Å². The van der Waals surface area contributed by atoms with E-state index >= 15 is 0 Å². The van der Waals surface area contributed by atoms with Crippen LogP contribution in [0.5, 0.6) is 0 Å². The Labute approximate surface area is 83.8 Å². The number of nitrogens with zero attached hydrogens (tertiary/aromatic N) is 1. The zero-order chi connectivity index (χ0) is 10.6. The fraction of sp³-hybridized carbons (Fsp3) is 0.600.